The molecule has 0 bridgehead atoms. The number of carbonyl (C=O) groups excluding carboxylic acids is 3. The molecule has 0 spiro atoms. The number of anilines is 1. The van der Waals surface area contributed by atoms with E-state index in [1.54, 1.807) is 39.0 Å². The molecule has 2 amide bonds. The Morgan fingerprint density at radius 3 is 2.28 bits per heavy atom. The van der Waals surface area contributed by atoms with Gasteiger partial charge in [0.25, 0.3) is 0 Å². The Bertz CT molecular complexity index is 635. The first-order valence-electron chi connectivity index (χ1n) is 8.02. The summed E-state index contributed by atoms with van der Waals surface area (Å²) in [4.78, 5) is 36.0. The van der Waals surface area contributed by atoms with Gasteiger partial charge in [-0.05, 0) is 44.9 Å². The van der Waals surface area contributed by atoms with Gasteiger partial charge in [-0.25, -0.2) is 9.59 Å². The first kappa shape index (κ1) is 20.5. The summed E-state index contributed by atoms with van der Waals surface area (Å²) in [7, 11) is 1.28. The highest BCUT2D eigenvalue weighted by Crippen LogP contribution is 2.14. The number of hydrogen-bond acceptors (Lipinski definition) is 5. The monoisotopic (exact) mass is 350 g/mol. The van der Waals surface area contributed by atoms with Crippen molar-refractivity contribution in [2.75, 3.05) is 12.4 Å². The van der Waals surface area contributed by atoms with Gasteiger partial charge in [0.1, 0.15) is 11.6 Å². The van der Waals surface area contributed by atoms with Crippen LogP contribution >= 0.6 is 0 Å². The number of alkyl carbamates (subject to hydrolysis) is 1. The molecule has 0 aliphatic carbocycles. The lowest BCUT2D eigenvalue weighted by Crippen LogP contribution is -2.48. The SMILES string of the molecule is COC(=O)c1cccc(NC(=O)[C@@H](NC(=O)OC(C)(C)C)C(C)C)c1. The summed E-state index contributed by atoms with van der Waals surface area (Å²) < 4.78 is 9.85. The molecule has 1 aromatic rings. The molecule has 138 valence electrons. The lowest BCUT2D eigenvalue weighted by atomic mass is 10.0. The van der Waals surface area contributed by atoms with Gasteiger partial charge >= 0.3 is 12.1 Å². The van der Waals surface area contributed by atoms with Gasteiger partial charge < -0.3 is 20.1 Å². The van der Waals surface area contributed by atoms with Gasteiger partial charge in [-0.2, -0.15) is 0 Å². The highest BCUT2D eigenvalue weighted by Gasteiger charge is 2.27. The lowest BCUT2D eigenvalue weighted by Gasteiger charge is -2.25. The molecule has 0 saturated carbocycles. The molecule has 0 radical (unpaired) electrons. The van der Waals surface area contributed by atoms with Crippen LogP contribution in [0.1, 0.15) is 45.0 Å². The molecular weight excluding hydrogens is 324 g/mol. The van der Waals surface area contributed by atoms with Gasteiger partial charge in [-0.3, -0.25) is 4.79 Å². The Kier molecular flexibility index (Phi) is 6.97. The van der Waals surface area contributed by atoms with Crippen molar-refractivity contribution in [3.8, 4) is 0 Å². The van der Waals surface area contributed by atoms with Crippen molar-refractivity contribution in [1.29, 1.82) is 0 Å². The maximum atomic E-state index is 12.5. The maximum Gasteiger partial charge on any atom is 0.408 e. The third kappa shape index (κ3) is 6.82. The molecule has 2 N–H and O–H groups in total. The molecule has 1 atom stereocenters. The summed E-state index contributed by atoms with van der Waals surface area (Å²) in [6.07, 6.45) is -0.662. The van der Waals surface area contributed by atoms with E-state index in [1.807, 2.05) is 13.8 Å². The van der Waals surface area contributed by atoms with Crippen molar-refractivity contribution in [3.05, 3.63) is 29.8 Å². The van der Waals surface area contributed by atoms with E-state index in [0.29, 0.717) is 11.3 Å². The average molecular weight is 350 g/mol. The number of nitrogens with one attached hydrogen (secondary N) is 2. The zero-order chi connectivity index (χ0) is 19.2. The third-order valence-electron chi connectivity index (χ3n) is 3.17. The molecule has 0 saturated heterocycles. The van der Waals surface area contributed by atoms with Crippen LogP contribution in [0.5, 0.6) is 0 Å². The summed E-state index contributed by atoms with van der Waals surface area (Å²) in [5.41, 5.74) is 0.0998. The number of carbonyl (C=O) groups is 3. The molecule has 7 heteroatoms. The molecule has 7 nitrogen and oxygen atoms in total. The quantitative estimate of drug-likeness (QED) is 0.796. The predicted molar refractivity (Wildman–Crippen MR) is 94.4 cm³/mol. The zero-order valence-electron chi connectivity index (χ0n) is 15.5. The Labute approximate surface area is 148 Å². The van der Waals surface area contributed by atoms with Gasteiger partial charge in [0, 0.05) is 5.69 Å². The van der Waals surface area contributed by atoms with E-state index in [2.05, 4.69) is 15.4 Å². The Morgan fingerprint density at radius 1 is 1.12 bits per heavy atom. The lowest BCUT2D eigenvalue weighted by molar-refractivity contribution is -0.119. The fourth-order valence-electron chi connectivity index (χ4n) is 2.03. The van der Waals surface area contributed by atoms with E-state index in [4.69, 9.17) is 4.74 Å². The minimum atomic E-state index is -0.781. The molecule has 1 aromatic carbocycles. The maximum absolute atomic E-state index is 12.5. The van der Waals surface area contributed by atoms with Crippen LogP contribution in [0.25, 0.3) is 0 Å². The second-order valence-electron chi connectivity index (χ2n) is 6.93. The molecular formula is C18H26N2O5. The molecule has 0 aliphatic rings. The van der Waals surface area contributed by atoms with Crippen molar-refractivity contribution in [1.82, 2.24) is 5.32 Å². The van der Waals surface area contributed by atoms with Crippen molar-refractivity contribution in [2.24, 2.45) is 5.92 Å². The van der Waals surface area contributed by atoms with Crippen LogP contribution in [-0.4, -0.2) is 36.7 Å². The van der Waals surface area contributed by atoms with Crippen LogP contribution in [0.15, 0.2) is 24.3 Å². The number of esters is 1. The summed E-state index contributed by atoms with van der Waals surface area (Å²) in [5, 5.41) is 5.27. The topological polar surface area (TPSA) is 93.7 Å². The third-order valence-corrected chi connectivity index (χ3v) is 3.17. The van der Waals surface area contributed by atoms with Crippen molar-refractivity contribution in [2.45, 2.75) is 46.3 Å². The van der Waals surface area contributed by atoms with Crippen LogP contribution in [0.2, 0.25) is 0 Å². The number of ether oxygens (including phenoxy) is 2. The molecule has 1 rings (SSSR count). The average Bonchev–Trinajstić information content (AvgIpc) is 2.50. The van der Waals surface area contributed by atoms with E-state index in [9.17, 15) is 14.4 Å². The van der Waals surface area contributed by atoms with Crippen molar-refractivity contribution < 1.29 is 23.9 Å². The molecule has 0 heterocycles. The number of methoxy groups -OCH3 is 1. The predicted octanol–water partition coefficient (Wildman–Crippen LogP) is 2.96. The zero-order valence-corrected chi connectivity index (χ0v) is 15.5. The second kappa shape index (κ2) is 8.50. The number of amides is 2. The van der Waals surface area contributed by atoms with E-state index in [1.165, 1.54) is 13.2 Å². The summed E-state index contributed by atoms with van der Waals surface area (Å²) >= 11 is 0. The molecule has 0 fully saturated rings. The van der Waals surface area contributed by atoms with Gasteiger partial charge in [-0.1, -0.05) is 19.9 Å². The second-order valence-corrected chi connectivity index (χ2v) is 6.93. The highest BCUT2D eigenvalue weighted by molar-refractivity contribution is 5.98. The van der Waals surface area contributed by atoms with Crippen molar-refractivity contribution in [3.63, 3.8) is 0 Å². The largest absolute Gasteiger partial charge is 0.465 e. The summed E-state index contributed by atoms with van der Waals surface area (Å²) in [6, 6.07) is 5.59. The van der Waals surface area contributed by atoms with Gasteiger partial charge in [0.2, 0.25) is 5.91 Å². The smallest absolute Gasteiger partial charge is 0.408 e. The fourth-order valence-corrected chi connectivity index (χ4v) is 2.03. The summed E-state index contributed by atoms with van der Waals surface area (Å²) in [6.45, 7) is 8.86. The minimum Gasteiger partial charge on any atom is -0.465 e. The van der Waals surface area contributed by atoms with Crippen LogP contribution in [-0.2, 0) is 14.3 Å². The Hall–Kier alpha value is -2.57. The first-order valence-corrected chi connectivity index (χ1v) is 8.02. The van der Waals surface area contributed by atoms with E-state index in [0.717, 1.165) is 0 Å². The minimum absolute atomic E-state index is 0.156. The molecule has 0 aromatic heterocycles. The van der Waals surface area contributed by atoms with Crippen LogP contribution in [0.4, 0.5) is 10.5 Å². The van der Waals surface area contributed by atoms with Crippen LogP contribution in [0, 0.1) is 5.92 Å². The van der Waals surface area contributed by atoms with Gasteiger partial charge in [0.05, 0.1) is 12.7 Å². The fraction of sp³-hybridized carbons (Fsp3) is 0.500. The Balaban J connectivity index is 2.84. The highest BCUT2D eigenvalue weighted by atomic mass is 16.6. The molecule has 25 heavy (non-hydrogen) atoms. The normalized spacial score (nSPS) is 12.3. The molecule has 0 unspecified atom stereocenters. The van der Waals surface area contributed by atoms with Crippen LogP contribution in [0.3, 0.4) is 0 Å². The standard InChI is InChI=1S/C18H26N2O5/c1-11(2)14(20-17(23)25-18(3,4)5)15(21)19-13-9-7-8-12(10-13)16(22)24-6/h7-11,14H,1-6H3,(H,19,21)(H,20,23)/t14-/m0/s1. The van der Waals surface area contributed by atoms with Gasteiger partial charge in [0.15, 0.2) is 0 Å². The number of rotatable bonds is 5. The first-order chi connectivity index (χ1) is 11.5. The van der Waals surface area contributed by atoms with E-state index >= 15 is 0 Å². The Morgan fingerprint density at radius 2 is 1.76 bits per heavy atom. The van der Waals surface area contributed by atoms with Crippen molar-refractivity contribution >= 4 is 23.7 Å². The number of benzene rings is 1. The number of hydrogen-bond donors (Lipinski definition) is 2. The van der Waals surface area contributed by atoms with E-state index < -0.39 is 29.6 Å². The van der Waals surface area contributed by atoms with Gasteiger partial charge in [-0.15, -0.1) is 0 Å². The van der Waals surface area contributed by atoms with E-state index in [-0.39, 0.29) is 5.92 Å². The van der Waals surface area contributed by atoms with Crippen LogP contribution < -0.4 is 10.6 Å². The summed E-state index contributed by atoms with van der Waals surface area (Å²) in [5.74, 6) is -1.05. The molecule has 0 aliphatic heterocycles.